The quantitative estimate of drug-likeness (QED) is 0.839. The number of ether oxygens (including phenoxy) is 1. The molecule has 3 heterocycles. The van der Waals surface area contributed by atoms with E-state index in [-0.39, 0.29) is 5.91 Å². The van der Waals surface area contributed by atoms with Gasteiger partial charge >= 0.3 is 0 Å². The minimum atomic E-state index is 0.149. The van der Waals surface area contributed by atoms with E-state index >= 15 is 0 Å². The van der Waals surface area contributed by atoms with Gasteiger partial charge in [-0.15, -0.1) is 0 Å². The molecule has 0 saturated carbocycles. The fourth-order valence-corrected chi connectivity index (χ4v) is 3.18. The first-order valence-corrected chi connectivity index (χ1v) is 8.07. The molecule has 6 nitrogen and oxygen atoms in total. The smallest absolute Gasteiger partial charge is 0.225 e. The fourth-order valence-electron chi connectivity index (χ4n) is 3.18. The zero-order chi connectivity index (χ0) is 15.5. The van der Waals surface area contributed by atoms with Crippen molar-refractivity contribution < 1.29 is 9.53 Å². The third-order valence-electron chi connectivity index (χ3n) is 4.52. The summed E-state index contributed by atoms with van der Waals surface area (Å²) in [6.45, 7) is 5.99. The second-order valence-corrected chi connectivity index (χ2v) is 6.04. The molecule has 1 saturated heterocycles. The van der Waals surface area contributed by atoms with Crippen molar-refractivity contribution in [3.05, 3.63) is 17.0 Å². The number of rotatable bonds is 4. The second-order valence-electron chi connectivity index (χ2n) is 6.04. The van der Waals surface area contributed by atoms with Gasteiger partial charge in [-0.2, -0.15) is 0 Å². The van der Waals surface area contributed by atoms with Gasteiger partial charge in [-0.3, -0.25) is 4.79 Å². The van der Waals surface area contributed by atoms with Crippen molar-refractivity contribution in [2.75, 3.05) is 38.3 Å². The van der Waals surface area contributed by atoms with E-state index in [0.717, 1.165) is 49.0 Å². The van der Waals surface area contributed by atoms with Crippen LogP contribution in [0.3, 0.4) is 0 Å². The van der Waals surface area contributed by atoms with Gasteiger partial charge < -0.3 is 14.5 Å². The van der Waals surface area contributed by atoms with Crippen LogP contribution in [0.5, 0.6) is 0 Å². The lowest BCUT2D eigenvalue weighted by atomic mass is 10.0. The van der Waals surface area contributed by atoms with E-state index in [1.165, 1.54) is 12.8 Å². The van der Waals surface area contributed by atoms with Crippen molar-refractivity contribution in [2.45, 2.75) is 39.2 Å². The molecule has 0 atom stereocenters. The Labute approximate surface area is 131 Å². The number of carbonyl (C=O) groups is 1. The zero-order valence-electron chi connectivity index (χ0n) is 13.5. The Morgan fingerprint density at radius 3 is 2.73 bits per heavy atom. The molecule has 1 aromatic heterocycles. The van der Waals surface area contributed by atoms with Crippen LogP contribution in [0, 0.1) is 6.92 Å². The maximum absolute atomic E-state index is 12.2. The van der Waals surface area contributed by atoms with Crippen LogP contribution in [0.2, 0.25) is 0 Å². The lowest BCUT2D eigenvalue weighted by Gasteiger charge is -2.30. The minimum Gasteiger partial charge on any atom is -0.384 e. The molecule has 1 aromatic rings. The van der Waals surface area contributed by atoms with Crippen LogP contribution in [0.1, 0.15) is 36.2 Å². The number of methoxy groups -OCH3 is 1. The molecule has 0 radical (unpaired) electrons. The Morgan fingerprint density at radius 2 is 2.00 bits per heavy atom. The third kappa shape index (κ3) is 3.06. The predicted molar refractivity (Wildman–Crippen MR) is 83.8 cm³/mol. The van der Waals surface area contributed by atoms with Gasteiger partial charge in [-0.05, 0) is 19.8 Å². The number of carbonyl (C=O) groups excluding carboxylic acids is 1. The van der Waals surface area contributed by atoms with E-state index < -0.39 is 0 Å². The highest BCUT2D eigenvalue weighted by molar-refractivity contribution is 5.76. The number of amides is 1. The van der Waals surface area contributed by atoms with Crippen molar-refractivity contribution in [3.63, 3.8) is 0 Å². The van der Waals surface area contributed by atoms with Crippen LogP contribution in [0.15, 0.2) is 0 Å². The van der Waals surface area contributed by atoms with Crippen molar-refractivity contribution in [3.8, 4) is 0 Å². The number of hydrogen-bond acceptors (Lipinski definition) is 5. The van der Waals surface area contributed by atoms with Crippen LogP contribution in [-0.2, 0) is 22.5 Å². The van der Waals surface area contributed by atoms with E-state index in [0.29, 0.717) is 19.6 Å². The first kappa shape index (κ1) is 15.2. The fraction of sp³-hybridized carbons (Fsp3) is 0.688. The van der Waals surface area contributed by atoms with E-state index in [1.807, 2.05) is 11.8 Å². The largest absolute Gasteiger partial charge is 0.384 e. The van der Waals surface area contributed by atoms with Crippen LogP contribution < -0.4 is 4.90 Å². The van der Waals surface area contributed by atoms with Crippen molar-refractivity contribution in [2.24, 2.45) is 0 Å². The van der Waals surface area contributed by atoms with Crippen molar-refractivity contribution >= 4 is 11.9 Å². The Balaban J connectivity index is 1.75. The maximum Gasteiger partial charge on any atom is 0.225 e. The highest BCUT2D eigenvalue weighted by Crippen LogP contribution is 2.24. The molecule has 22 heavy (non-hydrogen) atoms. The highest BCUT2D eigenvalue weighted by Gasteiger charge is 2.25. The van der Waals surface area contributed by atoms with Gasteiger partial charge in [0.1, 0.15) is 0 Å². The molecule has 2 aliphatic heterocycles. The molecule has 6 heteroatoms. The van der Waals surface area contributed by atoms with Gasteiger partial charge in [0.25, 0.3) is 0 Å². The van der Waals surface area contributed by atoms with Crippen molar-refractivity contribution in [1.82, 2.24) is 14.9 Å². The first-order valence-electron chi connectivity index (χ1n) is 8.07. The zero-order valence-corrected chi connectivity index (χ0v) is 13.5. The van der Waals surface area contributed by atoms with E-state index in [2.05, 4.69) is 9.88 Å². The molecule has 120 valence electrons. The van der Waals surface area contributed by atoms with E-state index in [9.17, 15) is 4.79 Å². The van der Waals surface area contributed by atoms with Gasteiger partial charge in [0.15, 0.2) is 0 Å². The standard InChI is InChI=1S/C16H24N4O2/c1-12-13-11-20(15(21)6-10-22-2)9-5-14(13)18-16(17-12)19-7-3-4-8-19/h3-11H2,1-2H3. The molecule has 0 unspecified atom stereocenters. The highest BCUT2D eigenvalue weighted by atomic mass is 16.5. The van der Waals surface area contributed by atoms with Gasteiger partial charge in [0.2, 0.25) is 11.9 Å². The maximum atomic E-state index is 12.2. The van der Waals surface area contributed by atoms with Crippen LogP contribution in [0.4, 0.5) is 5.95 Å². The number of nitrogens with zero attached hydrogens (tertiary/aromatic N) is 4. The Bertz CT molecular complexity index is 555. The van der Waals surface area contributed by atoms with Gasteiger partial charge in [0, 0.05) is 51.0 Å². The van der Waals surface area contributed by atoms with Gasteiger partial charge in [-0.25, -0.2) is 9.97 Å². The first-order chi connectivity index (χ1) is 10.7. The molecular weight excluding hydrogens is 280 g/mol. The van der Waals surface area contributed by atoms with Gasteiger partial charge in [0.05, 0.1) is 18.7 Å². The topological polar surface area (TPSA) is 58.6 Å². The molecule has 2 aliphatic rings. The lowest BCUT2D eigenvalue weighted by Crippen LogP contribution is -2.37. The van der Waals surface area contributed by atoms with E-state index in [4.69, 9.17) is 9.72 Å². The summed E-state index contributed by atoms with van der Waals surface area (Å²) < 4.78 is 4.99. The molecule has 0 bridgehead atoms. The van der Waals surface area contributed by atoms with Crippen LogP contribution >= 0.6 is 0 Å². The lowest BCUT2D eigenvalue weighted by molar-refractivity contribution is -0.133. The number of aromatic nitrogens is 2. The Hall–Kier alpha value is -1.69. The molecular formula is C16H24N4O2. The average molecular weight is 304 g/mol. The molecule has 1 amide bonds. The van der Waals surface area contributed by atoms with E-state index in [1.54, 1.807) is 7.11 Å². The van der Waals surface area contributed by atoms with Crippen LogP contribution in [0.25, 0.3) is 0 Å². The number of fused-ring (bicyclic) bond motifs is 1. The third-order valence-corrected chi connectivity index (χ3v) is 4.52. The summed E-state index contributed by atoms with van der Waals surface area (Å²) in [4.78, 5) is 25.8. The number of anilines is 1. The summed E-state index contributed by atoms with van der Waals surface area (Å²) in [7, 11) is 1.62. The molecule has 0 aliphatic carbocycles. The number of aryl methyl sites for hydroxylation is 1. The normalized spacial score (nSPS) is 17.7. The molecule has 0 N–H and O–H groups in total. The summed E-state index contributed by atoms with van der Waals surface area (Å²) in [6, 6.07) is 0. The summed E-state index contributed by atoms with van der Waals surface area (Å²) in [5.41, 5.74) is 3.25. The van der Waals surface area contributed by atoms with Crippen molar-refractivity contribution in [1.29, 1.82) is 0 Å². The van der Waals surface area contributed by atoms with Crippen LogP contribution in [-0.4, -0.2) is 54.1 Å². The summed E-state index contributed by atoms with van der Waals surface area (Å²) in [6.07, 6.45) is 3.71. The average Bonchev–Trinajstić information content (AvgIpc) is 3.06. The SMILES string of the molecule is COCCC(=O)N1CCc2nc(N3CCCC3)nc(C)c2C1. The Kier molecular flexibility index (Phi) is 4.57. The second kappa shape index (κ2) is 6.60. The summed E-state index contributed by atoms with van der Waals surface area (Å²) in [5, 5.41) is 0. The molecule has 3 rings (SSSR count). The predicted octanol–water partition coefficient (Wildman–Crippen LogP) is 1.31. The molecule has 1 fully saturated rings. The molecule has 0 aromatic carbocycles. The summed E-state index contributed by atoms with van der Waals surface area (Å²) >= 11 is 0. The summed E-state index contributed by atoms with van der Waals surface area (Å²) in [5.74, 6) is 1.02. The Morgan fingerprint density at radius 1 is 1.23 bits per heavy atom. The number of hydrogen-bond donors (Lipinski definition) is 0. The molecule has 0 spiro atoms. The monoisotopic (exact) mass is 304 g/mol. The van der Waals surface area contributed by atoms with Gasteiger partial charge in [-0.1, -0.05) is 0 Å². The minimum absolute atomic E-state index is 0.149.